The Morgan fingerprint density at radius 2 is 1.25 bits per heavy atom. The summed E-state index contributed by atoms with van der Waals surface area (Å²) in [7, 11) is 1.71. The first-order chi connectivity index (χ1) is 11.2. The summed E-state index contributed by atoms with van der Waals surface area (Å²) in [5.74, 6) is 3.15. The molecule has 1 aliphatic rings. The van der Waals surface area contributed by atoms with E-state index in [0.717, 1.165) is 17.2 Å². The summed E-state index contributed by atoms with van der Waals surface area (Å²) in [6.45, 7) is 0. The molecule has 4 rings (SSSR count). The second-order valence-electron chi connectivity index (χ2n) is 5.79. The fourth-order valence-electron chi connectivity index (χ4n) is 3.29. The van der Waals surface area contributed by atoms with E-state index in [1.54, 1.807) is 7.11 Å². The van der Waals surface area contributed by atoms with Gasteiger partial charge < -0.3 is 24.0 Å². The second kappa shape index (κ2) is 6.81. The molecule has 3 aromatic rings. The van der Waals surface area contributed by atoms with Crippen molar-refractivity contribution in [1.29, 1.82) is 0 Å². The van der Waals surface area contributed by atoms with E-state index in [2.05, 4.69) is 78.5 Å². The van der Waals surface area contributed by atoms with Crippen molar-refractivity contribution in [2.24, 2.45) is 0 Å². The Labute approximate surface area is 162 Å². The van der Waals surface area contributed by atoms with E-state index in [4.69, 9.17) is 9.47 Å². The molecule has 0 saturated carbocycles. The van der Waals surface area contributed by atoms with Crippen molar-refractivity contribution in [1.82, 2.24) is 0 Å². The standard InChI is InChI=1S/C20H18AsO2.HI/c1-21(15-11-13-16(22-2)14-12-15)17-7-3-5-9-19(17)23-20-10-6-4-8-18(20)21;/h3-14H,1-2H3;1H. The number of aromatic hydroxyl groups is 2. The van der Waals surface area contributed by atoms with Gasteiger partial charge in [0.25, 0.3) is 0 Å². The molecule has 0 bridgehead atoms. The molecule has 0 amide bonds. The Morgan fingerprint density at radius 3 is 1.75 bits per heavy atom. The quantitative estimate of drug-likeness (QED) is 0.275. The van der Waals surface area contributed by atoms with E-state index in [1.165, 1.54) is 13.1 Å². The van der Waals surface area contributed by atoms with Gasteiger partial charge in [-0.05, 0) is 0 Å². The molecule has 1 N–H and O–H groups in total. The van der Waals surface area contributed by atoms with Gasteiger partial charge in [0.1, 0.15) is 0 Å². The number of methoxy groups -OCH3 is 1. The minimum absolute atomic E-state index is 0. The number of rotatable bonds is 2. The van der Waals surface area contributed by atoms with Crippen LogP contribution in [0.5, 0.6) is 17.2 Å². The van der Waals surface area contributed by atoms with Crippen LogP contribution in [0.3, 0.4) is 0 Å². The van der Waals surface area contributed by atoms with Crippen molar-refractivity contribution < 1.29 is 33.5 Å². The fraction of sp³-hybridized carbons (Fsp3) is 0.100. The van der Waals surface area contributed by atoms with Gasteiger partial charge in [0.15, 0.2) is 0 Å². The molecular weight excluding hydrogens is 474 g/mol. The van der Waals surface area contributed by atoms with Gasteiger partial charge in [-0.1, -0.05) is 0 Å². The molecule has 3 aromatic carbocycles. The third kappa shape index (κ3) is 2.64. The second-order valence-corrected chi connectivity index (χ2v) is 13.1. The van der Waals surface area contributed by atoms with Crippen LogP contribution in [0, 0.1) is 0 Å². The van der Waals surface area contributed by atoms with E-state index in [-0.39, 0.29) is 24.0 Å². The average molecular weight is 493 g/mol. The molecule has 1 aliphatic heterocycles. The Kier molecular flexibility index (Phi) is 4.93. The summed E-state index contributed by atoms with van der Waals surface area (Å²) in [5, 5.41) is 0. The number of ether oxygens (including phenoxy) is 2. The maximum Gasteiger partial charge on any atom is -1.00 e. The Hall–Kier alpha value is -1.45. The van der Waals surface area contributed by atoms with Crippen LogP contribution < -0.4 is 41.8 Å². The predicted molar refractivity (Wildman–Crippen MR) is 97.5 cm³/mol. The molecule has 0 atom stereocenters. The zero-order chi connectivity index (χ0) is 15.9. The van der Waals surface area contributed by atoms with Gasteiger partial charge in [0.05, 0.1) is 0 Å². The molecule has 24 heavy (non-hydrogen) atoms. The number of hydrogen-bond acceptors (Lipinski definition) is 1. The van der Waals surface area contributed by atoms with Gasteiger partial charge in [-0.2, -0.15) is 0 Å². The van der Waals surface area contributed by atoms with Crippen molar-refractivity contribution in [3.63, 3.8) is 0 Å². The molecule has 2 nitrogen and oxygen atoms in total. The van der Waals surface area contributed by atoms with Gasteiger partial charge in [0.2, 0.25) is 0 Å². The number of halogens is 1. The minimum atomic E-state index is -2.47. The molecule has 1 radical (unpaired) electrons. The molecule has 1 heterocycles. The molecule has 0 spiro atoms. The Balaban J connectivity index is 0.00000169. The number of fused-ring (bicyclic) bond motifs is 2. The van der Waals surface area contributed by atoms with Gasteiger partial charge in [-0.25, -0.2) is 0 Å². The van der Waals surface area contributed by atoms with Crippen molar-refractivity contribution in [2.45, 2.75) is 5.71 Å². The molecule has 0 saturated heterocycles. The number of benzene rings is 3. The molecule has 0 aliphatic carbocycles. The fourth-order valence-corrected chi connectivity index (χ4v) is 10.6. The summed E-state index contributed by atoms with van der Waals surface area (Å²) in [6, 6.07) is 25.8. The third-order valence-corrected chi connectivity index (χ3v) is 13.0. The summed E-state index contributed by atoms with van der Waals surface area (Å²) in [5.41, 5.74) is 2.45. The van der Waals surface area contributed by atoms with Crippen molar-refractivity contribution in [3.8, 4) is 17.2 Å². The van der Waals surface area contributed by atoms with Crippen LogP contribution in [0.1, 0.15) is 0 Å². The van der Waals surface area contributed by atoms with Gasteiger partial charge >= 0.3 is 139 Å². The van der Waals surface area contributed by atoms with Gasteiger partial charge in [-0.3, -0.25) is 0 Å². The summed E-state index contributed by atoms with van der Waals surface area (Å²) >= 11 is -2.47. The number of para-hydroxylation sites is 2. The van der Waals surface area contributed by atoms with Crippen molar-refractivity contribution in [3.05, 3.63) is 72.8 Å². The van der Waals surface area contributed by atoms with Crippen LogP contribution in [0.25, 0.3) is 0 Å². The normalized spacial score (nSPS) is 13.8. The molecule has 4 heteroatoms. The van der Waals surface area contributed by atoms with Crippen molar-refractivity contribution >= 4 is 26.6 Å². The number of hydrogen-bond donors (Lipinski definition) is 0. The van der Waals surface area contributed by atoms with E-state index < -0.39 is 13.6 Å². The maximum absolute atomic E-state index is 5.33. The molecular formula is C20H19AsIO2. The van der Waals surface area contributed by atoms with Gasteiger partial charge in [0, 0.05) is 0 Å². The van der Waals surface area contributed by atoms with E-state index in [1.807, 2.05) is 0 Å². The largest absolute Gasteiger partial charge is 1.00 e. The first-order valence-electron chi connectivity index (χ1n) is 7.65. The van der Waals surface area contributed by atoms with E-state index in [9.17, 15) is 0 Å². The summed E-state index contributed by atoms with van der Waals surface area (Å²) < 4.78 is 14.4. The first-order valence-corrected chi connectivity index (χ1v) is 12.3. The zero-order valence-electron chi connectivity index (χ0n) is 13.6. The predicted octanol–water partition coefficient (Wildman–Crippen LogP) is -0.233. The monoisotopic (exact) mass is 493 g/mol. The first kappa shape index (κ1) is 17.4. The summed E-state index contributed by atoms with van der Waals surface area (Å²) in [6.07, 6.45) is 0. The molecule has 0 aromatic heterocycles. The Morgan fingerprint density at radius 1 is 0.750 bits per heavy atom. The average Bonchev–Trinajstić information content (AvgIpc) is 2.62. The molecule has 0 unspecified atom stereocenters. The van der Waals surface area contributed by atoms with Crippen LogP contribution in [0.2, 0.25) is 5.71 Å². The van der Waals surface area contributed by atoms with Crippen LogP contribution in [-0.2, 0) is 0 Å². The van der Waals surface area contributed by atoms with Crippen LogP contribution in [0.4, 0.5) is 0 Å². The smallest absolute Gasteiger partial charge is 1.00 e. The van der Waals surface area contributed by atoms with Crippen LogP contribution >= 0.6 is 0 Å². The maximum atomic E-state index is 5.33. The van der Waals surface area contributed by atoms with E-state index in [0.29, 0.717) is 0 Å². The topological polar surface area (TPSA) is 22.0 Å². The SMILES string of the molecule is COc1ccc([As]2(C)c3ccccc3[OH+]c3ccccc32)cc1.[I-]. The van der Waals surface area contributed by atoms with Gasteiger partial charge in [-0.15, -0.1) is 0 Å². The third-order valence-electron chi connectivity index (χ3n) is 4.56. The van der Waals surface area contributed by atoms with Crippen molar-refractivity contribution in [2.75, 3.05) is 7.11 Å². The van der Waals surface area contributed by atoms with Crippen LogP contribution in [-0.4, -0.2) is 25.4 Å². The van der Waals surface area contributed by atoms with Crippen LogP contribution in [0.15, 0.2) is 72.8 Å². The zero-order valence-corrected chi connectivity index (χ0v) is 17.6. The summed E-state index contributed by atoms with van der Waals surface area (Å²) in [4.78, 5) is 0. The molecule has 0 fully saturated rings. The minimum Gasteiger partial charge on any atom is -1.00 e. The molecule has 123 valence electrons. The Bertz CT molecular complexity index is 816. The van der Waals surface area contributed by atoms with E-state index >= 15 is 0 Å².